The first kappa shape index (κ1) is 15.4. The highest BCUT2D eigenvalue weighted by Crippen LogP contribution is 2.43. The summed E-state index contributed by atoms with van der Waals surface area (Å²) in [4.78, 5) is 15.7. The predicted molar refractivity (Wildman–Crippen MR) is 95.5 cm³/mol. The normalized spacial score (nSPS) is 14.1. The molecule has 0 radical (unpaired) electrons. The summed E-state index contributed by atoms with van der Waals surface area (Å²) >= 11 is 3.14. The molecule has 0 saturated carbocycles. The zero-order chi connectivity index (χ0) is 16.7. The number of thioether (sulfide) groups is 1. The number of benzene rings is 1. The number of amides is 1. The quantitative estimate of drug-likeness (QED) is 0.713. The van der Waals surface area contributed by atoms with Crippen molar-refractivity contribution in [3.8, 4) is 10.6 Å². The number of para-hydroxylation sites is 1. The number of carbonyl (C=O) groups excluding carboxylic acids is 1. The molecule has 1 aliphatic heterocycles. The molecule has 1 aromatic carbocycles. The molecule has 0 bridgehead atoms. The van der Waals surface area contributed by atoms with Crippen LogP contribution in [0.15, 0.2) is 40.7 Å². The standard InChI is InChI=1S/C17H14FN3OS2/c1-23-17-14-10(15(24-17)12-6-8-19-20-12)7-9-21(16(14)22)13-5-3-2-4-11(13)18/h2-6,8H,7,9H2,1H3,(H,19,20). The molecule has 2 aromatic heterocycles. The smallest absolute Gasteiger partial charge is 0.260 e. The van der Waals surface area contributed by atoms with Gasteiger partial charge in [-0.25, -0.2) is 4.39 Å². The Hall–Kier alpha value is -2.12. The first-order chi connectivity index (χ1) is 11.7. The molecule has 3 heterocycles. The second-order valence-corrected chi connectivity index (χ2v) is 7.50. The second-order valence-electron chi connectivity index (χ2n) is 5.40. The van der Waals surface area contributed by atoms with Crippen LogP contribution in [0.25, 0.3) is 10.6 Å². The van der Waals surface area contributed by atoms with E-state index in [0.717, 1.165) is 20.3 Å². The number of halogens is 1. The fourth-order valence-electron chi connectivity index (χ4n) is 3.00. The van der Waals surface area contributed by atoms with E-state index in [1.165, 1.54) is 6.07 Å². The van der Waals surface area contributed by atoms with E-state index in [-0.39, 0.29) is 11.7 Å². The lowest BCUT2D eigenvalue weighted by Gasteiger charge is -2.28. The van der Waals surface area contributed by atoms with Crippen LogP contribution in [-0.4, -0.2) is 28.9 Å². The number of thiophene rings is 1. The second kappa shape index (κ2) is 6.07. The first-order valence-corrected chi connectivity index (χ1v) is 9.50. The van der Waals surface area contributed by atoms with E-state index >= 15 is 0 Å². The lowest BCUT2D eigenvalue weighted by atomic mass is 10.00. The summed E-state index contributed by atoms with van der Waals surface area (Å²) in [6.07, 6.45) is 4.36. The van der Waals surface area contributed by atoms with Crippen LogP contribution in [0.2, 0.25) is 0 Å². The molecule has 0 unspecified atom stereocenters. The lowest BCUT2D eigenvalue weighted by molar-refractivity contribution is 0.0978. The van der Waals surface area contributed by atoms with Crippen LogP contribution in [0.5, 0.6) is 0 Å². The molecule has 3 aromatic rings. The first-order valence-electron chi connectivity index (χ1n) is 7.46. The summed E-state index contributed by atoms with van der Waals surface area (Å²) < 4.78 is 15.1. The number of nitrogens with zero attached hydrogens (tertiary/aromatic N) is 2. The topological polar surface area (TPSA) is 49.0 Å². The Morgan fingerprint density at radius 1 is 1.33 bits per heavy atom. The van der Waals surface area contributed by atoms with Gasteiger partial charge in [-0.1, -0.05) is 12.1 Å². The van der Waals surface area contributed by atoms with Gasteiger partial charge in [-0.15, -0.1) is 23.1 Å². The monoisotopic (exact) mass is 359 g/mol. The van der Waals surface area contributed by atoms with Gasteiger partial charge in [0, 0.05) is 12.7 Å². The Bertz CT molecular complexity index is 905. The van der Waals surface area contributed by atoms with Crippen LogP contribution in [0.1, 0.15) is 15.9 Å². The lowest BCUT2D eigenvalue weighted by Crippen LogP contribution is -2.38. The van der Waals surface area contributed by atoms with Crippen LogP contribution in [-0.2, 0) is 6.42 Å². The van der Waals surface area contributed by atoms with E-state index in [1.54, 1.807) is 52.4 Å². The molecule has 1 N–H and O–H groups in total. The van der Waals surface area contributed by atoms with E-state index in [1.807, 2.05) is 12.3 Å². The average Bonchev–Trinajstić information content (AvgIpc) is 3.23. The van der Waals surface area contributed by atoms with Crippen molar-refractivity contribution in [2.45, 2.75) is 10.6 Å². The maximum absolute atomic E-state index is 14.1. The maximum Gasteiger partial charge on any atom is 0.260 e. The minimum Gasteiger partial charge on any atom is -0.305 e. The van der Waals surface area contributed by atoms with Gasteiger partial charge in [0.1, 0.15) is 5.82 Å². The molecule has 4 rings (SSSR count). The summed E-state index contributed by atoms with van der Waals surface area (Å²) in [5.74, 6) is -0.503. The zero-order valence-electron chi connectivity index (χ0n) is 12.9. The van der Waals surface area contributed by atoms with Crippen molar-refractivity contribution in [2.75, 3.05) is 17.7 Å². The Balaban J connectivity index is 1.82. The Morgan fingerprint density at radius 2 is 2.17 bits per heavy atom. The van der Waals surface area contributed by atoms with Gasteiger partial charge in [0.2, 0.25) is 0 Å². The van der Waals surface area contributed by atoms with Crippen LogP contribution in [0.4, 0.5) is 10.1 Å². The number of hydrogen-bond donors (Lipinski definition) is 1. The molecule has 1 amide bonds. The van der Waals surface area contributed by atoms with E-state index in [9.17, 15) is 9.18 Å². The number of aromatic amines is 1. The molecule has 1 aliphatic rings. The summed E-state index contributed by atoms with van der Waals surface area (Å²) in [5, 5.41) is 6.98. The molecule has 0 aliphatic carbocycles. The minimum absolute atomic E-state index is 0.132. The number of H-pyrrole nitrogens is 1. The highest BCUT2D eigenvalue weighted by molar-refractivity contribution is 8.00. The molecular formula is C17H14FN3OS2. The summed E-state index contributed by atoms with van der Waals surface area (Å²) in [6.45, 7) is 0.471. The molecule has 0 spiro atoms. The predicted octanol–water partition coefficient (Wildman–Crippen LogP) is 4.20. The van der Waals surface area contributed by atoms with Crippen LogP contribution >= 0.6 is 23.1 Å². The van der Waals surface area contributed by atoms with Gasteiger partial charge < -0.3 is 4.90 Å². The zero-order valence-corrected chi connectivity index (χ0v) is 14.5. The van der Waals surface area contributed by atoms with Gasteiger partial charge in [0.15, 0.2) is 0 Å². The van der Waals surface area contributed by atoms with Crippen molar-refractivity contribution in [1.29, 1.82) is 0 Å². The van der Waals surface area contributed by atoms with Crippen LogP contribution in [0, 0.1) is 5.82 Å². The van der Waals surface area contributed by atoms with E-state index in [0.29, 0.717) is 24.2 Å². The third-order valence-electron chi connectivity index (χ3n) is 4.09. The number of aromatic nitrogens is 2. The molecule has 0 fully saturated rings. The summed E-state index contributed by atoms with van der Waals surface area (Å²) in [5.41, 5.74) is 3.00. The Labute approximate surface area is 146 Å². The Kier molecular flexibility index (Phi) is 3.90. The summed E-state index contributed by atoms with van der Waals surface area (Å²) in [7, 11) is 0. The highest BCUT2D eigenvalue weighted by Gasteiger charge is 2.33. The van der Waals surface area contributed by atoms with Crippen molar-refractivity contribution >= 4 is 34.7 Å². The average molecular weight is 359 g/mol. The van der Waals surface area contributed by atoms with Crippen molar-refractivity contribution in [2.24, 2.45) is 0 Å². The molecular weight excluding hydrogens is 345 g/mol. The molecule has 7 heteroatoms. The largest absolute Gasteiger partial charge is 0.305 e. The molecule has 122 valence electrons. The number of carbonyl (C=O) groups is 1. The molecule has 0 saturated heterocycles. The van der Waals surface area contributed by atoms with Crippen molar-refractivity contribution in [3.05, 3.63) is 53.5 Å². The van der Waals surface area contributed by atoms with Crippen LogP contribution < -0.4 is 4.90 Å². The SMILES string of the molecule is CSc1sc(-c2ccn[nH]2)c2c1C(=O)N(c1ccccc1F)CC2. The fourth-order valence-corrected chi connectivity index (χ4v) is 5.05. The van der Waals surface area contributed by atoms with Gasteiger partial charge in [0.25, 0.3) is 5.91 Å². The molecule has 0 atom stereocenters. The number of anilines is 1. The number of fused-ring (bicyclic) bond motifs is 1. The maximum atomic E-state index is 14.1. The number of hydrogen-bond acceptors (Lipinski definition) is 4. The van der Waals surface area contributed by atoms with Crippen molar-refractivity contribution in [1.82, 2.24) is 10.2 Å². The van der Waals surface area contributed by atoms with Gasteiger partial charge in [-0.2, -0.15) is 5.10 Å². The van der Waals surface area contributed by atoms with E-state index in [2.05, 4.69) is 10.2 Å². The van der Waals surface area contributed by atoms with Crippen LogP contribution in [0.3, 0.4) is 0 Å². The molecule has 4 nitrogen and oxygen atoms in total. The third-order valence-corrected chi connectivity index (χ3v) is 6.48. The van der Waals surface area contributed by atoms with E-state index < -0.39 is 0 Å². The van der Waals surface area contributed by atoms with Gasteiger partial charge in [0.05, 0.1) is 26.0 Å². The number of rotatable bonds is 3. The van der Waals surface area contributed by atoms with Gasteiger partial charge in [-0.3, -0.25) is 9.89 Å². The highest BCUT2D eigenvalue weighted by atomic mass is 32.2. The number of nitrogens with one attached hydrogen (secondary N) is 1. The summed E-state index contributed by atoms with van der Waals surface area (Å²) in [6, 6.07) is 8.33. The third kappa shape index (κ3) is 2.35. The fraction of sp³-hybridized carbons (Fsp3) is 0.176. The van der Waals surface area contributed by atoms with E-state index in [4.69, 9.17) is 0 Å². The van der Waals surface area contributed by atoms with Gasteiger partial charge >= 0.3 is 0 Å². The van der Waals surface area contributed by atoms with Crippen molar-refractivity contribution in [3.63, 3.8) is 0 Å². The molecule has 24 heavy (non-hydrogen) atoms. The van der Waals surface area contributed by atoms with Gasteiger partial charge in [-0.05, 0) is 36.4 Å². The van der Waals surface area contributed by atoms with Crippen molar-refractivity contribution < 1.29 is 9.18 Å². The minimum atomic E-state index is -0.371. The Morgan fingerprint density at radius 3 is 2.88 bits per heavy atom.